The van der Waals surface area contributed by atoms with E-state index in [2.05, 4.69) is 42.8 Å². The summed E-state index contributed by atoms with van der Waals surface area (Å²) in [4.78, 5) is 17.9. The first kappa shape index (κ1) is 45.6. The molecular formula is C52H62N3O5S2-. The number of carbonyl (C=O) groups is 1. The number of aryl methyl sites for hydroxylation is 1. The third-order valence-corrected chi connectivity index (χ3v) is 15.7. The highest BCUT2D eigenvalue weighted by Gasteiger charge is 2.37. The fourth-order valence-corrected chi connectivity index (χ4v) is 12.0. The van der Waals surface area contributed by atoms with E-state index in [0.29, 0.717) is 65.9 Å². The molecule has 7 rings (SSSR count). The number of benzene rings is 3. The molecular weight excluding hydrogens is 811 g/mol. The number of hydrogen-bond acceptors (Lipinski definition) is 10. The molecule has 10 heteroatoms. The molecule has 8 bridgehead atoms. The summed E-state index contributed by atoms with van der Waals surface area (Å²) in [6.45, 7) is 4.90. The highest BCUT2D eigenvalue weighted by molar-refractivity contribution is 8.76. The van der Waals surface area contributed by atoms with Gasteiger partial charge in [0, 0.05) is 47.6 Å². The van der Waals surface area contributed by atoms with Crippen LogP contribution in [-0.2, 0) is 23.4 Å². The van der Waals surface area contributed by atoms with Crippen LogP contribution in [0.1, 0.15) is 142 Å². The number of phenols is 2. The van der Waals surface area contributed by atoms with Crippen LogP contribution in [0.5, 0.6) is 17.2 Å². The molecule has 0 amide bonds. The summed E-state index contributed by atoms with van der Waals surface area (Å²) in [6.07, 6.45) is 19.2. The van der Waals surface area contributed by atoms with Crippen LogP contribution in [0.25, 0.3) is 0 Å². The Hall–Kier alpha value is -4.40. The summed E-state index contributed by atoms with van der Waals surface area (Å²) in [7, 11) is 3.67. The van der Waals surface area contributed by atoms with Gasteiger partial charge in [-0.2, -0.15) is 0 Å². The van der Waals surface area contributed by atoms with E-state index in [1.54, 1.807) is 35.2 Å². The standard InChI is InChI=1S/C52H63N3O5S2/c1-3-4-5-7-34(2)16-21-52-22-17-37(31-52)32-61-62-33-39-29-42-38(28-43(39)51(53)54)8-6-9-46-41(19-24-55-46)49(59)30-44(42)45-26-36(11-14-47(45)57)20-25-60-50-27-35(12-15-48(50)58)10-13-40(56)18-23-52/h11-12,14-15,18-19,23-24,26-29,34,37,44,51,57-59H,3-5,7,9-10,13,16-17,20-22,25,30-33,53-54H2,1-2H3/p-1. The van der Waals surface area contributed by atoms with Gasteiger partial charge in [0.25, 0.3) is 0 Å². The maximum atomic E-state index is 14.1. The Kier molecular flexibility index (Phi) is 15.7. The van der Waals surface area contributed by atoms with Crippen LogP contribution in [0.3, 0.4) is 0 Å². The smallest absolute Gasteiger partial charge is 0.161 e. The third kappa shape index (κ3) is 11.6. The largest absolute Gasteiger partial charge is 0.875 e. The molecule has 0 aromatic heterocycles. The van der Waals surface area contributed by atoms with Gasteiger partial charge in [0.15, 0.2) is 17.3 Å². The minimum absolute atomic E-state index is 0.0120. The topological polar surface area (TPSA) is 154 Å². The highest BCUT2D eigenvalue weighted by atomic mass is 33.1. The van der Waals surface area contributed by atoms with Crippen LogP contribution < -0.4 is 21.3 Å². The summed E-state index contributed by atoms with van der Waals surface area (Å²) in [6, 6.07) is 14.9. The zero-order valence-electron chi connectivity index (χ0n) is 36.3. The molecule has 8 nitrogen and oxygen atoms in total. The van der Waals surface area contributed by atoms with Crippen molar-refractivity contribution in [2.24, 2.45) is 33.7 Å². The second-order valence-corrected chi connectivity index (χ2v) is 20.4. The summed E-state index contributed by atoms with van der Waals surface area (Å²) >= 11 is 0. The Balaban J connectivity index is 1.23. The molecule has 0 spiro atoms. The first-order valence-corrected chi connectivity index (χ1v) is 25.0. The lowest BCUT2D eigenvalue weighted by atomic mass is 9.78. The quantitative estimate of drug-likeness (QED) is 0.0750. The average molecular weight is 873 g/mol. The van der Waals surface area contributed by atoms with Gasteiger partial charge in [-0.05, 0) is 132 Å². The van der Waals surface area contributed by atoms with Crippen molar-refractivity contribution in [3.63, 3.8) is 0 Å². The molecule has 4 atom stereocenters. The number of phenolic OH excluding ortho intramolecular Hbond substituents is 2. The number of allylic oxidation sites excluding steroid dienone is 5. The monoisotopic (exact) mass is 872 g/mol. The summed E-state index contributed by atoms with van der Waals surface area (Å²) < 4.78 is 6.15. The molecule has 328 valence electrons. The van der Waals surface area contributed by atoms with Crippen molar-refractivity contribution in [2.45, 2.75) is 122 Å². The number of ether oxygens (including phenoxy) is 1. The number of ketones is 1. The first-order valence-electron chi connectivity index (χ1n) is 22.5. The third-order valence-electron chi connectivity index (χ3n) is 13.2. The maximum Gasteiger partial charge on any atom is 0.161 e. The molecule has 1 saturated carbocycles. The maximum absolute atomic E-state index is 14.1. The lowest BCUT2D eigenvalue weighted by Crippen LogP contribution is -2.23. The Morgan fingerprint density at radius 2 is 1.81 bits per heavy atom. The molecule has 0 radical (unpaired) electrons. The average Bonchev–Trinajstić information content (AvgIpc) is 3.91. The number of nitrogens with zero attached hydrogens (tertiary/aromatic N) is 1. The van der Waals surface area contributed by atoms with Crippen LogP contribution >= 0.6 is 21.6 Å². The van der Waals surface area contributed by atoms with Crippen molar-refractivity contribution in [1.82, 2.24) is 0 Å². The van der Waals surface area contributed by atoms with Crippen LogP contribution in [0, 0.1) is 29.1 Å². The molecule has 6 N–H and O–H groups in total. The first-order chi connectivity index (χ1) is 30.0. The summed E-state index contributed by atoms with van der Waals surface area (Å²) in [5.41, 5.74) is 19.9. The van der Waals surface area contributed by atoms with E-state index in [1.807, 2.05) is 47.2 Å². The molecule has 4 aliphatic rings. The zero-order valence-corrected chi connectivity index (χ0v) is 37.9. The van der Waals surface area contributed by atoms with Gasteiger partial charge < -0.3 is 31.5 Å². The second kappa shape index (κ2) is 21.3. The van der Waals surface area contributed by atoms with Crippen molar-refractivity contribution < 1.29 is 24.9 Å². The van der Waals surface area contributed by atoms with Gasteiger partial charge in [-0.1, -0.05) is 103 Å². The lowest BCUT2D eigenvalue weighted by molar-refractivity contribution is -0.307. The number of hydrogen-bond donors (Lipinski definition) is 4. The van der Waals surface area contributed by atoms with Gasteiger partial charge in [0.2, 0.25) is 0 Å². The molecule has 2 aliphatic carbocycles. The molecule has 4 unspecified atom stereocenters. The number of fused-ring (bicyclic) bond motifs is 9. The molecule has 2 aliphatic heterocycles. The van der Waals surface area contributed by atoms with Crippen molar-refractivity contribution >= 4 is 33.1 Å². The highest BCUT2D eigenvalue weighted by Crippen LogP contribution is 2.49. The van der Waals surface area contributed by atoms with Gasteiger partial charge in [-0.3, -0.25) is 9.79 Å². The van der Waals surface area contributed by atoms with E-state index in [4.69, 9.17) is 16.2 Å². The summed E-state index contributed by atoms with van der Waals surface area (Å²) in [5, 5.41) is 36.4. The molecule has 3 aromatic rings. The van der Waals surface area contributed by atoms with E-state index >= 15 is 0 Å². The molecule has 0 saturated heterocycles. The number of carbonyl (C=O) groups excluding carboxylic acids is 1. The fraction of sp³-hybridized carbons (Fsp3) is 0.462. The van der Waals surface area contributed by atoms with Gasteiger partial charge in [-0.15, -0.1) is 5.76 Å². The Bertz CT molecular complexity index is 2290. The normalized spacial score (nSPS) is 22.5. The van der Waals surface area contributed by atoms with Crippen LogP contribution in [0.15, 0.2) is 89.3 Å². The molecule has 2 heterocycles. The SMILES string of the molecule is CCCCCC(C)CCC12C=CC(=O)CCc3ccc(O)c(c3)OCCc3ccc(O)c(c3)C3CC([O-])=C4C=CN=C4CC#Cc4cc(C(N)N)c(cc43)CSSCC(CC1)C2. The van der Waals surface area contributed by atoms with Crippen molar-refractivity contribution in [2.75, 3.05) is 12.4 Å². The zero-order chi connectivity index (χ0) is 43.6. The van der Waals surface area contributed by atoms with Crippen molar-refractivity contribution in [3.05, 3.63) is 123 Å². The molecule has 3 aromatic carbocycles. The van der Waals surface area contributed by atoms with Gasteiger partial charge >= 0.3 is 0 Å². The number of aromatic hydroxyl groups is 2. The minimum atomic E-state index is -0.733. The van der Waals surface area contributed by atoms with E-state index in [1.165, 1.54) is 25.7 Å². The molecule has 62 heavy (non-hydrogen) atoms. The number of unbranched alkanes of at least 4 members (excludes halogenated alkanes) is 2. The van der Waals surface area contributed by atoms with E-state index in [0.717, 1.165) is 71.2 Å². The lowest BCUT2D eigenvalue weighted by Gasteiger charge is -2.28. The Morgan fingerprint density at radius 1 is 0.984 bits per heavy atom. The minimum Gasteiger partial charge on any atom is -0.875 e. The van der Waals surface area contributed by atoms with Gasteiger partial charge in [-0.25, -0.2) is 0 Å². The van der Waals surface area contributed by atoms with E-state index in [-0.39, 0.29) is 41.5 Å². The van der Waals surface area contributed by atoms with Crippen LogP contribution in [-0.4, -0.2) is 34.1 Å². The fourth-order valence-electron chi connectivity index (χ4n) is 9.49. The van der Waals surface area contributed by atoms with Crippen molar-refractivity contribution in [1.29, 1.82) is 0 Å². The number of rotatable bonds is 8. The second-order valence-electron chi connectivity index (χ2n) is 17.9. The van der Waals surface area contributed by atoms with E-state index < -0.39 is 12.1 Å². The Labute approximate surface area is 376 Å². The van der Waals surface area contributed by atoms with E-state index in [9.17, 15) is 20.1 Å². The van der Waals surface area contributed by atoms with Crippen LogP contribution in [0.4, 0.5) is 0 Å². The Morgan fingerprint density at radius 3 is 2.63 bits per heavy atom. The molecule has 1 fully saturated rings. The number of nitrogens with two attached hydrogens (primary N) is 2. The summed E-state index contributed by atoms with van der Waals surface area (Å²) in [5.74, 6) is 9.51. The van der Waals surface area contributed by atoms with Crippen LogP contribution in [0.2, 0.25) is 0 Å². The number of aliphatic imine (C=N–C) groups is 1. The van der Waals surface area contributed by atoms with Gasteiger partial charge in [0.05, 0.1) is 24.9 Å². The van der Waals surface area contributed by atoms with Gasteiger partial charge in [0.1, 0.15) is 5.75 Å². The van der Waals surface area contributed by atoms with Crippen molar-refractivity contribution in [3.8, 4) is 29.1 Å². The predicted molar refractivity (Wildman–Crippen MR) is 253 cm³/mol. The predicted octanol–water partition coefficient (Wildman–Crippen LogP) is 10.2.